The molecule has 0 saturated carbocycles. The molecule has 29 heavy (non-hydrogen) atoms. The molecule has 156 valence electrons. The van der Waals surface area contributed by atoms with Crippen LogP contribution < -0.4 is 16.0 Å². The number of rotatable bonds is 5. The number of carbonyl (C=O) groups excluding carboxylic acids is 2. The first-order valence-corrected chi connectivity index (χ1v) is 9.58. The number of hydrogen-bond acceptors (Lipinski definition) is 5. The molecule has 1 aromatic carbocycles. The fourth-order valence-electron chi connectivity index (χ4n) is 2.40. The topological polar surface area (TPSA) is 92.4 Å². The van der Waals surface area contributed by atoms with E-state index in [-0.39, 0.29) is 35.1 Å². The maximum Gasteiger partial charge on any atom is 0.270 e. The number of amides is 2. The van der Waals surface area contributed by atoms with Crippen LogP contribution in [0.5, 0.6) is 0 Å². The van der Waals surface area contributed by atoms with Crippen LogP contribution in [0.3, 0.4) is 0 Å². The van der Waals surface area contributed by atoms with E-state index in [0.717, 1.165) is 13.1 Å². The number of aromatic nitrogens is 1. The molecule has 1 fully saturated rings. The summed E-state index contributed by atoms with van der Waals surface area (Å²) in [5.74, 6) is -0.689. The highest BCUT2D eigenvalue weighted by Gasteiger charge is 2.14. The van der Waals surface area contributed by atoms with E-state index < -0.39 is 0 Å². The normalized spacial score (nSPS) is 16.0. The number of hydrogen-bond donors (Lipinski definition) is 3. The molecule has 1 aliphatic rings. The summed E-state index contributed by atoms with van der Waals surface area (Å²) in [7, 11) is 0. The van der Waals surface area contributed by atoms with E-state index in [0.29, 0.717) is 25.5 Å². The summed E-state index contributed by atoms with van der Waals surface area (Å²) in [4.78, 5) is 27.3. The van der Waals surface area contributed by atoms with E-state index in [1.165, 1.54) is 18.3 Å². The Morgan fingerprint density at radius 3 is 2.69 bits per heavy atom. The van der Waals surface area contributed by atoms with Crippen molar-refractivity contribution in [1.29, 1.82) is 0 Å². The third-order valence-electron chi connectivity index (χ3n) is 3.93. The standard InChI is InChI=1S/C14H20N4O3.C6H4ClF/c19-13(17-8-11-7-15-5-6-21-10-11)9-18-14(20)12-3-1-2-4-16-12;7-5-3-1-2-4-6(5)8/h1-4,11,15H,5-10H2,(H,17,19)(H,18,20);1-4H. The molecule has 2 amide bonds. The number of carbonyl (C=O) groups is 2. The lowest BCUT2D eigenvalue weighted by Gasteiger charge is -2.14. The van der Waals surface area contributed by atoms with Crippen molar-refractivity contribution in [2.45, 2.75) is 0 Å². The Morgan fingerprint density at radius 2 is 2.00 bits per heavy atom. The summed E-state index contributed by atoms with van der Waals surface area (Å²) in [5, 5.41) is 8.74. The molecule has 2 aromatic rings. The fraction of sp³-hybridized carbons (Fsp3) is 0.350. The Kier molecular flexibility index (Phi) is 10.1. The first-order chi connectivity index (χ1) is 14.1. The first kappa shape index (κ1) is 22.7. The summed E-state index contributed by atoms with van der Waals surface area (Å²) in [6, 6.07) is 11.2. The van der Waals surface area contributed by atoms with Crippen molar-refractivity contribution in [2.75, 3.05) is 39.4 Å². The lowest BCUT2D eigenvalue weighted by Crippen LogP contribution is -2.41. The van der Waals surface area contributed by atoms with Gasteiger partial charge in [-0.05, 0) is 24.3 Å². The van der Waals surface area contributed by atoms with Crippen LogP contribution in [0.4, 0.5) is 4.39 Å². The van der Waals surface area contributed by atoms with Crippen LogP contribution in [-0.2, 0) is 9.53 Å². The third kappa shape index (κ3) is 8.99. The van der Waals surface area contributed by atoms with Crippen molar-refractivity contribution in [1.82, 2.24) is 20.9 Å². The number of ether oxygens (including phenoxy) is 1. The lowest BCUT2D eigenvalue weighted by atomic mass is 10.1. The van der Waals surface area contributed by atoms with Gasteiger partial charge in [0.15, 0.2) is 0 Å². The van der Waals surface area contributed by atoms with Crippen LogP contribution in [0.1, 0.15) is 10.5 Å². The van der Waals surface area contributed by atoms with Crippen molar-refractivity contribution < 1.29 is 18.7 Å². The van der Waals surface area contributed by atoms with Crippen molar-refractivity contribution in [2.24, 2.45) is 5.92 Å². The molecule has 9 heteroatoms. The summed E-state index contributed by atoms with van der Waals surface area (Å²) < 4.78 is 17.6. The minimum atomic E-state index is -0.367. The summed E-state index contributed by atoms with van der Waals surface area (Å²) >= 11 is 5.33. The van der Waals surface area contributed by atoms with Gasteiger partial charge in [0.1, 0.15) is 11.5 Å². The van der Waals surface area contributed by atoms with Crippen LogP contribution in [-0.4, -0.2) is 56.2 Å². The van der Waals surface area contributed by atoms with E-state index in [1.54, 1.807) is 30.3 Å². The van der Waals surface area contributed by atoms with Gasteiger partial charge in [-0.1, -0.05) is 29.8 Å². The monoisotopic (exact) mass is 422 g/mol. The van der Waals surface area contributed by atoms with Gasteiger partial charge >= 0.3 is 0 Å². The van der Waals surface area contributed by atoms with Gasteiger partial charge < -0.3 is 20.7 Å². The molecule has 3 rings (SSSR count). The lowest BCUT2D eigenvalue weighted by molar-refractivity contribution is -0.120. The highest BCUT2D eigenvalue weighted by atomic mass is 35.5. The minimum Gasteiger partial charge on any atom is -0.380 e. The number of benzene rings is 1. The highest BCUT2D eigenvalue weighted by Crippen LogP contribution is 2.11. The Labute approximate surface area is 174 Å². The minimum absolute atomic E-state index is 0.0591. The van der Waals surface area contributed by atoms with Gasteiger partial charge in [-0.2, -0.15) is 0 Å². The smallest absolute Gasteiger partial charge is 0.270 e. The van der Waals surface area contributed by atoms with Crippen LogP contribution in [0.2, 0.25) is 5.02 Å². The van der Waals surface area contributed by atoms with Gasteiger partial charge in [0, 0.05) is 31.7 Å². The average molecular weight is 423 g/mol. The van der Waals surface area contributed by atoms with Crippen molar-refractivity contribution >= 4 is 23.4 Å². The largest absolute Gasteiger partial charge is 0.380 e. The number of nitrogens with zero attached hydrogens (tertiary/aromatic N) is 1. The van der Waals surface area contributed by atoms with Crippen molar-refractivity contribution in [3.63, 3.8) is 0 Å². The maximum absolute atomic E-state index is 12.2. The molecule has 7 nitrogen and oxygen atoms in total. The van der Waals surface area contributed by atoms with E-state index in [9.17, 15) is 14.0 Å². The van der Waals surface area contributed by atoms with Gasteiger partial charge in [0.2, 0.25) is 5.91 Å². The molecule has 0 aliphatic carbocycles. The predicted molar refractivity (Wildman–Crippen MR) is 108 cm³/mol. The second kappa shape index (κ2) is 12.8. The van der Waals surface area contributed by atoms with Gasteiger partial charge in [-0.3, -0.25) is 14.6 Å². The zero-order valence-corrected chi connectivity index (χ0v) is 16.6. The molecule has 1 saturated heterocycles. The molecule has 1 aromatic heterocycles. The zero-order valence-electron chi connectivity index (χ0n) is 15.9. The second-order valence-corrected chi connectivity index (χ2v) is 6.67. The molecule has 1 atom stereocenters. The Morgan fingerprint density at radius 1 is 1.21 bits per heavy atom. The van der Waals surface area contributed by atoms with Gasteiger partial charge in [0.25, 0.3) is 5.91 Å². The Balaban J connectivity index is 0.000000313. The van der Waals surface area contributed by atoms with Gasteiger partial charge in [-0.25, -0.2) is 4.39 Å². The molecule has 0 bridgehead atoms. The van der Waals surface area contributed by atoms with E-state index in [1.807, 2.05) is 0 Å². The first-order valence-electron chi connectivity index (χ1n) is 9.20. The van der Waals surface area contributed by atoms with Gasteiger partial charge in [-0.15, -0.1) is 0 Å². The average Bonchev–Trinajstić information content (AvgIpc) is 3.02. The van der Waals surface area contributed by atoms with Crippen LogP contribution in [0.25, 0.3) is 0 Å². The molecule has 1 unspecified atom stereocenters. The molecule has 0 spiro atoms. The van der Waals surface area contributed by atoms with Crippen molar-refractivity contribution in [3.8, 4) is 0 Å². The number of halogens is 2. The fourth-order valence-corrected chi connectivity index (χ4v) is 2.53. The maximum atomic E-state index is 12.2. The second-order valence-electron chi connectivity index (χ2n) is 6.26. The summed E-state index contributed by atoms with van der Waals surface area (Å²) in [5.41, 5.74) is 0.298. The van der Waals surface area contributed by atoms with E-state index in [2.05, 4.69) is 20.9 Å². The predicted octanol–water partition coefficient (Wildman–Crippen LogP) is 1.64. The van der Waals surface area contributed by atoms with Crippen molar-refractivity contribution in [3.05, 3.63) is 65.2 Å². The molecule has 1 aliphatic heterocycles. The van der Waals surface area contributed by atoms with Gasteiger partial charge in [0.05, 0.1) is 24.8 Å². The summed E-state index contributed by atoms with van der Waals surface area (Å²) in [6.07, 6.45) is 1.54. The molecular weight excluding hydrogens is 399 g/mol. The van der Waals surface area contributed by atoms with Crippen LogP contribution >= 0.6 is 11.6 Å². The zero-order chi connectivity index (χ0) is 20.9. The Bertz CT molecular complexity index is 750. The number of nitrogens with one attached hydrogen (secondary N) is 3. The summed E-state index contributed by atoms with van der Waals surface area (Å²) in [6.45, 7) is 3.46. The van der Waals surface area contributed by atoms with E-state index >= 15 is 0 Å². The SMILES string of the molecule is Fc1ccccc1Cl.O=C(CNC(=O)c1ccccn1)NCC1CNCCOC1. The number of pyridine rings is 1. The molecule has 0 radical (unpaired) electrons. The highest BCUT2D eigenvalue weighted by molar-refractivity contribution is 6.30. The Hall–Kier alpha value is -2.55. The van der Waals surface area contributed by atoms with Crippen LogP contribution in [0, 0.1) is 11.7 Å². The molecule has 2 heterocycles. The van der Waals surface area contributed by atoms with E-state index in [4.69, 9.17) is 16.3 Å². The van der Waals surface area contributed by atoms with Crippen LogP contribution in [0.15, 0.2) is 48.7 Å². The quantitative estimate of drug-likeness (QED) is 0.681. The third-order valence-corrected chi connectivity index (χ3v) is 4.24. The molecule has 3 N–H and O–H groups in total. The molecular formula is C20H24ClFN4O3.